The number of likely N-dealkylation sites (tertiary alicyclic amines) is 1. The number of nitrogens with zero attached hydrogens (tertiary/aromatic N) is 5. The number of pyridine rings is 2. The Morgan fingerprint density at radius 1 is 1.27 bits per heavy atom. The van der Waals surface area contributed by atoms with Crippen LogP contribution in [0.15, 0.2) is 48.9 Å². The lowest BCUT2D eigenvalue weighted by atomic mass is 10.1. The Kier molecular flexibility index (Phi) is 4.86. The van der Waals surface area contributed by atoms with Crippen LogP contribution < -0.4 is 5.32 Å². The van der Waals surface area contributed by atoms with Gasteiger partial charge in [0.1, 0.15) is 16.8 Å². The zero-order valence-electron chi connectivity index (χ0n) is 14.2. The molecule has 0 aromatic carbocycles. The standard InChI is InChI=1S/C19H18N6S/c20-11-15-12-22-19(26-15)24-18-5-1-3-16(23-18)17-4-2-10-25(17)13-14-6-8-21-9-7-14/h1,3,5-9,12,17H,2,4,10,13H2,(H,22,23,24). The molecule has 4 heterocycles. The van der Waals surface area contributed by atoms with Crippen LogP contribution in [-0.4, -0.2) is 26.4 Å². The molecule has 0 radical (unpaired) electrons. The molecule has 0 saturated carbocycles. The van der Waals surface area contributed by atoms with Crippen molar-refractivity contribution >= 4 is 22.3 Å². The normalized spacial score (nSPS) is 17.1. The Hall–Kier alpha value is -2.82. The third kappa shape index (κ3) is 3.72. The molecule has 0 aliphatic carbocycles. The van der Waals surface area contributed by atoms with Crippen LogP contribution >= 0.6 is 11.3 Å². The largest absolute Gasteiger partial charge is 0.316 e. The van der Waals surface area contributed by atoms with Crippen LogP contribution in [0.5, 0.6) is 0 Å². The van der Waals surface area contributed by atoms with Crippen molar-refractivity contribution in [2.75, 3.05) is 11.9 Å². The molecule has 0 amide bonds. The quantitative estimate of drug-likeness (QED) is 0.742. The zero-order chi connectivity index (χ0) is 17.8. The van der Waals surface area contributed by atoms with E-state index >= 15 is 0 Å². The second-order valence-corrected chi connectivity index (χ2v) is 7.23. The fraction of sp³-hybridized carbons (Fsp3) is 0.263. The van der Waals surface area contributed by atoms with E-state index < -0.39 is 0 Å². The van der Waals surface area contributed by atoms with Gasteiger partial charge >= 0.3 is 0 Å². The molecule has 1 saturated heterocycles. The summed E-state index contributed by atoms with van der Waals surface area (Å²) in [6.07, 6.45) is 7.54. The van der Waals surface area contributed by atoms with E-state index in [9.17, 15) is 0 Å². The molecule has 1 unspecified atom stereocenters. The first-order valence-electron chi connectivity index (χ1n) is 8.55. The highest BCUT2D eigenvalue weighted by atomic mass is 32.1. The van der Waals surface area contributed by atoms with Crippen molar-refractivity contribution in [3.63, 3.8) is 0 Å². The summed E-state index contributed by atoms with van der Waals surface area (Å²) in [5, 5.41) is 12.8. The van der Waals surface area contributed by atoms with E-state index in [-0.39, 0.29) is 0 Å². The van der Waals surface area contributed by atoms with Crippen LogP contribution in [0.25, 0.3) is 0 Å². The van der Waals surface area contributed by atoms with Gasteiger partial charge in [0.15, 0.2) is 5.13 Å². The molecule has 4 rings (SSSR count). The van der Waals surface area contributed by atoms with Crippen molar-refractivity contribution in [1.29, 1.82) is 5.26 Å². The monoisotopic (exact) mass is 362 g/mol. The maximum absolute atomic E-state index is 8.92. The fourth-order valence-electron chi connectivity index (χ4n) is 3.27. The molecular formula is C19H18N6S. The molecule has 3 aromatic rings. The Labute approximate surface area is 156 Å². The average Bonchev–Trinajstić information content (AvgIpc) is 3.32. The van der Waals surface area contributed by atoms with E-state index in [2.05, 4.69) is 44.5 Å². The molecule has 130 valence electrons. The Morgan fingerprint density at radius 2 is 2.15 bits per heavy atom. The lowest BCUT2D eigenvalue weighted by molar-refractivity contribution is 0.244. The van der Waals surface area contributed by atoms with E-state index in [4.69, 9.17) is 10.2 Å². The first-order chi connectivity index (χ1) is 12.8. The highest BCUT2D eigenvalue weighted by Crippen LogP contribution is 2.33. The maximum Gasteiger partial charge on any atom is 0.189 e. The summed E-state index contributed by atoms with van der Waals surface area (Å²) in [5.41, 5.74) is 2.34. The summed E-state index contributed by atoms with van der Waals surface area (Å²) in [4.78, 5) is 16.2. The summed E-state index contributed by atoms with van der Waals surface area (Å²) in [6, 6.07) is 12.6. The maximum atomic E-state index is 8.92. The highest BCUT2D eigenvalue weighted by molar-refractivity contribution is 7.16. The predicted octanol–water partition coefficient (Wildman–Crippen LogP) is 3.89. The van der Waals surface area contributed by atoms with E-state index in [0.717, 1.165) is 31.0 Å². The van der Waals surface area contributed by atoms with Gasteiger partial charge in [0.2, 0.25) is 0 Å². The van der Waals surface area contributed by atoms with Crippen LogP contribution in [0.1, 0.15) is 35.0 Å². The third-order valence-corrected chi connectivity index (χ3v) is 5.28. The molecule has 6 nitrogen and oxygen atoms in total. The molecular weight excluding hydrogens is 344 g/mol. The number of nitrogens with one attached hydrogen (secondary N) is 1. The van der Waals surface area contributed by atoms with Crippen molar-refractivity contribution < 1.29 is 0 Å². The lowest BCUT2D eigenvalue weighted by Crippen LogP contribution is -2.23. The van der Waals surface area contributed by atoms with Crippen LogP contribution in [-0.2, 0) is 6.54 Å². The average molecular weight is 362 g/mol. The van der Waals surface area contributed by atoms with Gasteiger partial charge in [-0.1, -0.05) is 17.4 Å². The highest BCUT2D eigenvalue weighted by Gasteiger charge is 2.27. The number of hydrogen-bond donors (Lipinski definition) is 1. The second kappa shape index (κ2) is 7.60. The van der Waals surface area contributed by atoms with Gasteiger partial charge in [-0.15, -0.1) is 0 Å². The fourth-order valence-corrected chi connectivity index (χ4v) is 3.89. The molecule has 7 heteroatoms. The summed E-state index contributed by atoms with van der Waals surface area (Å²) in [6.45, 7) is 1.98. The van der Waals surface area contributed by atoms with Gasteiger partial charge in [0.25, 0.3) is 0 Å². The van der Waals surface area contributed by atoms with Crippen LogP contribution in [0.4, 0.5) is 10.9 Å². The first-order valence-corrected chi connectivity index (χ1v) is 9.36. The smallest absolute Gasteiger partial charge is 0.189 e. The molecule has 1 fully saturated rings. The van der Waals surface area contributed by atoms with Crippen molar-refractivity contribution in [3.8, 4) is 6.07 Å². The number of thiazole rings is 1. The molecule has 3 aromatic heterocycles. The minimum Gasteiger partial charge on any atom is -0.316 e. The van der Waals surface area contributed by atoms with E-state index in [0.29, 0.717) is 16.1 Å². The number of hydrogen-bond acceptors (Lipinski definition) is 7. The number of nitriles is 1. The van der Waals surface area contributed by atoms with Gasteiger partial charge in [-0.25, -0.2) is 9.97 Å². The van der Waals surface area contributed by atoms with Crippen molar-refractivity contribution in [1.82, 2.24) is 19.9 Å². The second-order valence-electron chi connectivity index (χ2n) is 6.20. The molecule has 1 atom stereocenters. The summed E-state index contributed by atoms with van der Waals surface area (Å²) >= 11 is 1.33. The van der Waals surface area contributed by atoms with Crippen molar-refractivity contribution in [2.24, 2.45) is 0 Å². The molecule has 0 bridgehead atoms. The topological polar surface area (TPSA) is 77.7 Å². The van der Waals surface area contributed by atoms with Crippen molar-refractivity contribution in [3.05, 3.63) is 65.1 Å². The van der Waals surface area contributed by atoms with Gasteiger partial charge in [-0.2, -0.15) is 5.26 Å². The van der Waals surface area contributed by atoms with Gasteiger partial charge in [-0.05, 0) is 49.2 Å². The minimum atomic E-state index is 0.316. The van der Waals surface area contributed by atoms with Crippen LogP contribution in [0, 0.1) is 11.3 Å². The molecule has 0 spiro atoms. The summed E-state index contributed by atoms with van der Waals surface area (Å²) in [7, 11) is 0. The molecule has 1 aliphatic rings. The summed E-state index contributed by atoms with van der Waals surface area (Å²) in [5.74, 6) is 0.761. The van der Waals surface area contributed by atoms with E-state index in [1.54, 1.807) is 6.20 Å². The third-order valence-electron chi connectivity index (χ3n) is 4.46. The minimum absolute atomic E-state index is 0.316. The number of rotatable bonds is 5. The Bertz CT molecular complexity index is 917. The number of anilines is 2. The van der Waals surface area contributed by atoms with Crippen LogP contribution in [0.2, 0.25) is 0 Å². The van der Waals surface area contributed by atoms with E-state index in [1.165, 1.54) is 23.3 Å². The van der Waals surface area contributed by atoms with Crippen molar-refractivity contribution in [2.45, 2.75) is 25.4 Å². The van der Waals surface area contributed by atoms with E-state index in [1.807, 2.05) is 24.5 Å². The first kappa shape index (κ1) is 16.6. The van der Waals surface area contributed by atoms with Gasteiger partial charge in [0.05, 0.1) is 17.9 Å². The van der Waals surface area contributed by atoms with Gasteiger partial charge in [-0.3, -0.25) is 9.88 Å². The zero-order valence-corrected chi connectivity index (χ0v) is 15.0. The lowest BCUT2D eigenvalue weighted by Gasteiger charge is -2.24. The SMILES string of the molecule is N#Cc1cnc(Nc2cccc(C3CCCN3Cc3ccncc3)n2)s1. The molecule has 1 aliphatic heterocycles. The van der Waals surface area contributed by atoms with Crippen LogP contribution in [0.3, 0.4) is 0 Å². The molecule has 26 heavy (non-hydrogen) atoms. The molecule has 1 N–H and O–H groups in total. The Balaban J connectivity index is 1.50. The van der Waals surface area contributed by atoms with Gasteiger partial charge < -0.3 is 5.32 Å². The number of aromatic nitrogens is 3. The predicted molar refractivity (Wildman–Crippen MR) is 101 cm³/mol. The summed E-state index contributed by atoms with van der Waals surface area (Å²) < 4.78 is 0. The van der Waals surface area contributed by atoms with Gasteiger partial charge in [0, 0.05) is 18.9 Å². The Morgan fingerprint density at radius 3 is 2.96 bits per heavy atom.